The average molecular weight is 249 g/mol. The molecule has 5 nitrogen and oxygen atoms in total. The van der Waals surface area contributed by atoms with E-state index in [1.165, 1.54) is 12.1 Å². The average Bonchev–Trinajstić information content (AvgIpc) is 2.34. The van der Waals surface area contributed by atoms with Gasteiger partial charge in [-0.15, -0.1) is 0 Å². The SMILES string of the molecule is O=[N+]([O-])C=C1NCC=CN1Cc1ccc(F)cc1. The van der Waals surface area contributed by atoms with Gasteiger partial charge in [0.2, 0.25) is 0 Å². The fourth-order valence-corrected chi connectivity index (χ4v) is 1.67. The summed E-state index contributed by atoms with van der Waals surface area (Å²) in [5, 5.41) is 13.4. The minimum Gasteiger partial charge on any atom is -0.363 e. The van der Waals surface area contributed by atoms with Crippen molar-refractivity contribution in [2.75, 3.05) is 6.54 Å². The largest absolute Gasteiger partial charge is 0.363 e. The van der Waals surface area contributed by atoms with E-state index in [9.17, 15) is 14.5 Å². The van der Waals surface area contributed by atoms with Crippen molar-refractivity contribution in [2.24, 2.45) is 0 Å². The molecule has 0 aliphatic carbocycles. The van der Waals surface area contributed by atoms with Crippen LogP contribution in [-0.4, -0.2) is 16.4 Å². The number of hydrogen-bond acceptors (Lipinski definition) is 4. The lowest BCUT2D eigenvalue weighted by atomic mass is 10.2. The van der Waals surface area contributed by atoms with Crippen molar-refractivity contribution in [2.45, 2.75) is 6.54 Å². The van der Waals surface area contributed by atoms with Crippen LogP contribution >= 0.6 is 0 Å². The molecule has 0 atom stereocenters. The molecule has 0 bridgehead atoms. The van der Waals surface area contributed by atoms with E-state index in [1.54, 1.807) is 23.2 Å². The highest BCUT2D eigenvalue weighted by atomic mass is 19.1. The van der Waals surface area contributed by atoms with Crippen LogP contribution in [0.4, 0.5) is 4.39 Å². The topological polar surface area (TPSA) is 58.4 Å². The van der Waals surface area contributed by atoms with Crippen LogP contribution in [-0.2, 0) is 6.54 Å². The maximum atomic E-state index is 12.8. The Morgan fingerprint density at radius 2 is 2.17 bits per heavy atom. The fraction of sp³-hybridized carbons (Fsp3) is 0.167. The molecule has 0 spiro atoms. The van der Waals surface area contributed by atoms with Gasteiger partial charge in [0, 0.05) is 19.3 Å². The molecule has 6 heteroatoms. The van der Waals surface area contributed by atoms with Crippen molar-refractivity contribution in [3.8, 4) is 0 Å². The number of nitrogens with one attached hydrogen (secondary N) is 1. The van der Waals surface area contributed by atoms with Gasteiger partial charge >= 0.3 is 0 Å². The fourth-order valence-electron chi connectivity index (χ4n) is 1.67. The molecule has 0 aromatic heterocycles. The van der Waals surface area contributed by atoms with Crippen molar-refractivity contribution < 1.29 is 9.31 Å². The number of benzene rings is 1. The second kappa shape index (κ2) is 5.31. The summed E-state index contributed by atoms with van der Waals surface area (Å²) >= 11 is 0. The second-order valence-corrected chi connectivity index (χ2v) is 3.82. The lowest BCUT2D eigenvalue weighted by Crippen LogP contribution is -2.32. The number of hydrogen-bond donors (Lipinski definition) is 1. The molecule has 0 amide bonds. The van der Waals surface area contributed by atoms with Crippen molar-refractivity contribution >= 4 is 0 Å². The normalized spacial score (nSPS) is 16.7. The van der Waals surface area contributed by atoms with Crippen LogP contribution in [0.3, 0.4) is 0 Å². The van der Waals surface area contributed by atoms with E-state index in [0.29, 0.717) is 18.9 Å². The van der Waals surface area contributed by atoms with Gasteiger partial charge in [-0.3, -0.25) is 10.1 Å². The Balaban J connectivity index is 2.15. The molecule has 0 fully saturated rings. The van der Waals surface area contributed by atoms with E-state index in [1.807, 2.05) is 6.08 Å². The Labute approximate surface area is 103 Å². The third-order valence-corrected chi connectivity index (χ3v) is 2.49. The molecular weight excluding hydrogens is 237 g/mol. The third-order valence-electron chi connectivity index (χ3n) is 2.49. The molecule has 18 heavy (non-hydrogen) atoms. The van der Waals surface area contributed by atoms with Crippen LogP contribution in [0, 0.1) is 15.9 Å². The maximum absolute atomic E-state index is 12.8. The smallest absolute Gasteiger partial charge is 0.274 e. The summed E-state index contributed by atoms with van der Waals surface area (Å²) in [4.78, 5) is 11.7. The number of nitro groups is 1. The lowest BCUT2D eigenvalue weighted by molar-refractivity contribution is -0.404. The van der Waals surface area contributed by atoms with Gasteiger partial charge in [0.15, 0.2) is 5.82 Å². The van der Waals surface area contributed by atoms with Crippen molar-refractivity contribution in [1.82, 2.24) is 10.2 Å². The van der Waals surface area contributed by atoms with Crippen LogP contribution in [0.5, 0.6) is 0 Å². The van der Waals surface area contributed by atoms with E-state index < -0.39 is 4.92 Å². The first kappa shape index (κ1) is 12.1. The summed E-state index contributed by atoms with van der Waals surface area (Å²) in [6.07, 6.45) is 4.56. The third kappa shape index (κ3) is 3.07. The second-order valence-electron chi connectivity index (χ2n) is 3.82. The Hall–Kier alpha value is -2.37. The van der Waals surface area contributed by atoms with Gasteiger partial charge in [-0.05, 0) is 23.8 Å². The lowest BCUT2D eigenvalue weighted by Gasteiger charge is -2.25. The molecule has 1 aromatic rings. The summed E-state index contributed by atoms with van der Waals surface area (Å²) in [5.74, 6) is 0.124. The number of nitrogens with zero attached hydrogens (tertiary/aromatic N) is 2. The highest BCUT2D eigenvalue weighted by Crippen LogP contribution is 2.13. The molecule has 1 aromatic carbocycles. The molecule has 2 rings (SSSR count). The molecule has 0 saturated carbocycles. The Kier molecular flexibility index (Phi) is 3.57. The summed E-state index contributed by atoms with van der Waals surface area (Å²) in [7, 11) is 0. The highest BCUT2D eigenvalue weighted by Gasteiger charge is 2.14. The predicted molar refractivity (Wildman–Crippen MR) is 64.2 cm³/mol. The summed E-state index contributed by atoms with van der Waals surface area (Å²) in [6.45, 7) is 1.00. The predicted octanol–water partition coefficient (Wildman–Crippen LogP) is 1.82. The standard InChI is InChI=1S/C12H12FN3O2/c13-11-4-2-10(3-5-11)8-15-7-1-6-14-12(15)9-16(17)18/h1-5,7,9,14H,6,8H2. The first-order chi connectivity index (χ1) is 8.65. The van der Waals surface area contributed by atoms with Gasteiger partial charge in [-0.25, -0.2) is 4.39 Å². The van der Waals surface area contributed by atoms with Crippen LogP contribution in [0.2, 0.25) is 0 Å². The zero-order chi connectivity index (χ0) is 13.0. The van der Waals surface area contributed by atoms with Crippen molar-refractivity contribution in [3.63, 3.8) is 0 Å². The molecule has 94 valence electrons. The van der Waals surface area contributed by atoms with Gasteiger partial charge in [-0.2, -0.15) is 0 Å². The van der Waals surface area contributed by atoms with Gasteiger partial charge in [-0.1, -0.05) is 12.1 Å². The van der Waals surface area contributed by atoms with E-state index in [4.69, 9.17) is 0 Å². The summed E-state index contributed by atoms with van der Waals surface area (Å²) in [6, 6.07) is 6.05. The Bertz CT molecular complexity index is 497. The van der Waals surface area contributed by atoms with Gasteiger partial charge in [0.25, 0.3) is 6.20 Å². The maximum Gasteiger partial charge on any atom is 0.274 e. The highest BCUT2D eigenvalue weighted by molar-refractivity contribution is 5.18. The first-order valence-corrected chi connectivity index (χ1v) is 5.42. The van der Waals surface area contributed by atoms with Crippen LogP contribution in [0.25, 0.3) is 0 Å². The van der Waals surface area contributed by atoms with Gasteiger partial charge in [0.05, 0.1) is 4.92 Å². The minimum absolute atomic E-state index is 0.299. The van der Waals surface area contributed by atoms with Gasteiger partial charge < -0.3 is 10.2 Å². The molecule has 0 saturated heterocycles. The monoisotopic (exact) mass is 249 g/mol. The van der Waals surface area contributed by atoms with Crippen molar-refractivity contribution in [3.05, 3.63) is 70.1 Å². The summed E-state index contributed by atoms with van der Waals surface area (Å²) in [5.41, 5.74) is 0.874. The molecule has 0 radical (unpaired) electrons. The number of rotatable bonds is 3. The molecule has 1 N–H and O–H groups in total. The van der Waals surface area contributed by atoms with E-state index >= 15 is 0 Å². The first-order valence-electron chi connectivity index (χ1n) is 5.42. The Morgan fingerprint density at radius 3 is 2.83 bits per heavy atom. The number of halogens is 1. The van der Waals surface area contributed by atoms with Crippen molar-refractivity contribution in [1.29, 1.82) is 0 Å². The van der Waals surface area contributed by atoms with Gasteiger partial charge in [0.1, 0.15) is 5.82 Å². The van der Waals surface area contributed by atoms with E-state index in [2.05, 4.69) is 5.32 Å². The molecule has 1 aliphatic rings. The van der Waals surface area contributed by atoms with E-state index in [0.717, 1.165) is 11.8 Å². The minimum atomic E-state index is -0.501. The molecular formula is C12H12FN3O2. The molecule has 1 aliphatic heterocycles. The quantitative estimate of drug-likeness (QED) is 0.655. The summed E-state index contributed by atoms with van der Waals surface area (Å²) < 4.78 is 12.8. The van der Waals surface area contributed by atoms with Crippen LogP contribution in [0.15, 0.2) is 48.6 Å². The zero-order valence-electron chi connectivity index (χ0n) is 9.54. The van der Waals surface area contributed by atoms with Crippen LogP contribution in [0.1, 0.15) is 5.56 Å². The Morgan fingerprint density at radius 1 is 1.44 bits per heavy atom. The molecule has 0 unspecified atom stereocenters. The van der Waals surface area contributed by atoms with E-state index in [-0.39, 0.29) is 5.82 Å². The molecule has 1 heterocycles. The zero-order valence-corrected chi connectivity index (χ0v) is 9.54. The van der Waals surface area contributed by atoms with Crippen LogP contribution < -0.4 is 5.32 Å².